The van der Waals surface area contributed by atoms with E-state index in [0.29, 0.717) is 18.2 Å². The van der Waals surface area contributed by atoms with Gasteiger partial charge in [-0.1, -0.05) is 12.1 Å². The fourth-order valence-corrected chi connectivity index (χ4v) is 4.35. The molecule has 8 nitrogen and oxygen atoms in total. The second-order valence-corrected chi connectivity index (χ2v) is 8.32. The average Bonchev–Trinajstić information content (AvgIpc) is 2.86. The molecular formula is C25H27N5O3. The number of rotatable bonds is 8. The SMILES string of the molecule is COc1ccc2ncc(C#N)c(CCN3CCC(NCc4ccc([N+](=O)[O-])cc4)CC3)c2c1. The number of fused-ring (bicyclic) bond motifs is 1. The van der Waals surface area contributed by atoms with Crippen LogP contribution in [0.25, 0.3) is 10.9 Å². The number of nitro groups is 1. The molecule has 1 saturated heterocycles. The van der Waals surface area contributed by atoms with Crippen molar-refractivity contribution in [1.82, 2.24) is 15.2 Å². The average molecular weight is 446 g/mol. The number of ether oxygens (including phenoxy) is 1. The Kier molecular flexibility index (Phi) is 7.13. The molecular weight excluding hydrogens is 418 g/mol. The minimum absolute atomic E-state index is 0.118. The predicted octanol–water partition coefficient (Wildman–Crippen LogP) is 3.82. The van der Waals surface area contributed by atoms with Gasteiger partial charge in [-0.05, 0) is 61.7 Å². The molecule has 0 unspecified atom stereocenters. The first kappa shape index (κ1) is 22.6. The maximum absolute atomic E-state index is 10.8. The summed E-state index contributed by atoms with van der Waals surface area (Å²) in [5, 5.41) is 24.9. The molecule has 33 heavy (non-hydrogen) atoms. The minimum Gasteiger partial charge on any atom is -0.497 e. The standard InChI is InChI=1S/C25H27N5O3/c1-33-22-6-7-25-24(14-22)23(19(15-26)17-28-25)10-13-29-11-8-20(9-12-29)27-16-18-2-4-21(5-3-18)30(31)32/h2-7,14,17,20,27H,8-13,16H2,1H3. The van der Waals surface area contributed by atoms with Crippen molar-refractivity contribution < 1.29 is 9.66 Å². The molecule has 1 fully saturated rings. The van der Waals surface area contributed by atoms with Crippen LogP contribution in [0.15, 0.2) is 48.7 Å². The summed E-state index contributed by atoms with van der Waals surface area (Å²) in [5.41, 5.74) is 3.69. The Morgan fingerprint density at radius 3 is 2.67 bits per heavy atom. The largest absolute Gasteiger partial charge is 0.497 e. The molecule has 2 heterocycles. The number of hydrogen-bond donors (Lipinski definition) is 1. The smallest absolute Gasteiger partial charge is 0.269 e. The zero-order valence-electron chi connectivity index (χ0n) is 18.7. The van der Waals surface area contributed by atoms with Gasteiger partial charge in [0.2, 0.25) is 0 Å². The Labute approximate surface area is 193 Å². The van der Waals surface area contributed by atoms with Gasteiger partial charge in [0, 0.05) is 42.8 Å². The highest BCUT2D eigenvalue weighted by molar-refractivity contribution is 5.85. The van der Waals surface area contributed by atoms with E-state index in [-0.39, 0.29) is 10.6 Å². The highest BCUT2D eigenvalue weighted by Gasteiger charge is 2.20. The summed E-state index contributed by atoms with van der Waals surface area (Å²) in [7, 11) is 1.64. The van der Waals surface area contributed by atoms with Crippen molar-refractivity contribution >= 4 is 16.6 Å². The van der Waals surface area contributed by atoms with E-state index in [4.69, 9.17) is 4.74 Å². The Hall–Kier alpha value is -3.54. The van der Waals surface area contributed by atoms with Crippen molar-refractivity contribution in [2.45, 2.75) is 31.8 Å². The van der Waals surface area contributed by atoms with Gasteiger partial charge in [-0.3, -0.25) is 15.1 Å². The molecule has 2 aromatic carbocycles. The van der Waals surface area contributed by atoms with E-state index < -0.39 is 0 Å². The second kappa shape index (κ2) is 10.4. The molecule has 1 N–H and O–H groups in total. The van der Waals surface area contributed by atoms with Crippen molar-refractivity contribution in [3.05, 3.63) is 75.5 Å². The van der Waals surface area contributed by atoms with Crippen molar-refractivity contribution in [1.29, 1.82) is 5.26 Å². The van der Waals surface area contributed by atoms with Crippen molar-refractivity contribution in [2.75, 3.05) is 26.7 Å². The van der Waals surface area contributed by atoms with Gasteiger partial charge < -0.3 is 15.0 Å². The van der Waals surface area contributed by atoms with Crippen LogP contribution in [-0.4, -0.2) is 47.6 Å². The summed E-state index contributed by atoms with van der Waals surface area (Å²) in [4.78, 5) is 17.3. The third-order valence-corrected chi connectivity index (χ3v) is 6.31. The summed E-state index contributed by atoms with van der Waals surface area (Å²) < 4.78 is 5.37. The number of benzene rings is 2. The maximum atomic E-state index is 10.8. The lowest BCUT2D eigenvalue weighted by molar-refractivity contribution is -0.384. The van der Waals surface area contributed by atoms with Gasteiger partial charge in [-0.15, -0.1) is 0 Å². The monoisotopic (exact) mass is 445 g/mol. The highest BCUT2D eigenvalue weighted by Crippen LogP contribution is 2.26. The van der Waals surface area contributed by atoms with Crippen molar-refractivity contribution in [3.63, 3.8) is 0 Å². The third kappa shape index (κ3) is 5.45. The number of hydrogen-bond acceptors (Lipinski definition) is 7. The van der Waals surface area contributed by atoms with E-state index in [1.165, 1.54) is 0 Å². The number of aromatic nitrogens is 1. The zero-order valence-corrected chi connectivity index (χ0v) is 18.7. The number of likely N-dealkylation sites (tertiary alicyclic amines) is 1. The predicted molar refractivity (Wildman–Crippen MR) is 126 cm³/mol. The molecule has 1 aliphatic heterocycles. The van der Waals surface area contributed by atoms with Crippen LogP contribution >= 0.6 is 0 Å². The highest BCUT2D eigenvalue weighted by atomic mass is 16.6. The van der Waals surface area contributed by atoms with E-state index in [9.17, 15) is 15.4 Å². The van der Waals surface area contributed by atoms with Crippen LogP contribution < -0.4 is 10.1 Å². The van der Waals surface area contributed by atoms with Gasteiger partial charge in [-0.2, -0.15) is 5.26 Å². The molecule has 1 aliphatic rings. The van der Waals surface area contributed by atoms with Crippen LogP contribution in [0.5, 0.6) is 5.75 Å². The second-order valence-electron chi connectivity index (χ2n) is 8.32. The van der Waals surface area contributed by atoms with E-state index in [1.807, 2.05) is 18.2 Å². The lowest BCUT2D eigenvalue weighted by Gasteiger charge is -2.32. The van der Waals surface area contributed by atoms with Crippen LogP contribution in [-0.2, 0) is 13.0 Å². The lowest BCUT2D eigenvalue weighted by atomic mass is 9.99. The van der Waals surface area contributed by atoms with Crippen LogP contribution in [0.1, 0.15) is 29.5 Å². The number of non-ortho nitro benzene ring substituents is 1. The summed E-state index contributed by atoms with van der Waals surface area (Å²) in [6, 6.07) is 15.2. The number of nitrogens with one attached hydrogen (secondary N) is 1. The Bertz CT molecular complexity index is 1170. The molecule has 8 heteroatoms. The molecule has 170 valence electrons. The summed E-state index contributed by atoms with van der Waals surface area (Å²) in [6.45, 7) is 3.58. The number of nitro benzene ring substituents is 1. The maximum Gasteiger partial charge on any atom is 0.269 e. The van der Waals surface area contributed by atoms with E-state index in [1.54, 1.807) is 37.6 Å². The first-order chi connectivity index (χ1) is 16.1. The molecule has 0 radical (unpaired) electrons. The summed E-state index contributed by atoms with van der Waals surface area (Å²) in [5.74, 6) is 0.764. The number of nitrogens with zero attached hydrogens (tertiary/aromatic N) is 4. The van der Waals surface area contributed by atoms with E-state index in [0.717, 1.165) is 66.7 Å². The number of nitriles is 1. The normalized spacial score (nSPS) is 14.8. The van der Waals surface area contributed by atoms with E-state index >= 15 is 0 Å². The number of methoxy groups -OCH3 is 1. The quantitative estimate of drug-likeness (QED) is 0.415. The van der Waals surface area contributed by atoms with Crippen LogP contribution in [0.3, 0.4) is 0 Å². The Morgan fingerprint density at radius 1 is 1.24 bits per heavy atom. The Balaban J connectivity index is 1.31. The third-order valence-electron chi connectivity index (χ3n) is 6.31. The van der Waals surface area contributed by atoms with Gasteiger partial charge in [0.25, 0.3) is 5.69 Å². The fourth-order valence-electron chi connectivity index (χ4n) is 4.35. The molecule has 0 aliphatic carbocycles. The first-order valence-electron chi connectivity index (χ1n) is 11.1. The molecule has 3 aromatic rings. The van der Waals surface area contributed by atoms with Gasteiger partial charge in [-0.25, -0.2) is 0 Å². The van der Waals surface area contributed by atoms with Crippen LogP contribution in [0.4, 0.5) is 5.69 Å². The molecule has 0 bridgehead atoms. The van der Waals surface area contributed by atoms with E-state index in [2.05, 4.69) is 21.3 Å². The van der Waals surface area contributed by atoms with Gasteiger partial charge in [0.15, 0.2) is 0 Å². The minimum atomic E-state index is -0.377. The first-order valence-corrected chi connectivity index (χ1v) is 11.1. The van der Waals surface area contributed by atoms with Gasteiger partial charge in [0.05, 0.1) is 23.1 Å². The molecule has 1 aromatic heterocycles. The van der Waals surface area contributed by atoms with Crippen LogP contribution in [0, 0.1) is 21.4 Å². The lowest BCUT2D eigenvalue weighted by Crippen LogP contribution is -2.42. The topological polar surface area (TPSA) is 104 Å². The number of piperidine rings is 1. The summed E-state index contributed by atoms with van der Waals surface area (Å²) >= 11 is 0. The fraction of sp³-hybridized carbons (Fsp3) is 0.360. The molecule has 4 rings (SSSR count). The molecule has 0 spiro atoms. The molecule has 0 amide bonds. The van der Waals surface area contributed by atoms with Crippen LogP contribution in [0.2, 0.25) is 0 Å². The van der Waals surface area contributed by atoms with Gasteiger partial charge >= 0.3 is 0 Å². The Morgan fingerprint density at radius 2 is 2.00 bits per heavy atom. The summed E-state index contributed by atoms with van der Waals surface area (Å²) in [6.07, 6.45) is 4.54. The molecule has 0 saturated carbocycles. The molecule has 0 atom stereocenters. The van der Waals surface area contributed by atoms with Gasteiger partial charge in [0.1, 0.15) is 11.8 Å². The van der Waals surface area contributed by atoms with Crippen molar-refractivity contribution in [2.24, 2.45) is 0 Å². The number of pyridine rings is 1. The van der Waals surface area contributed by atoms with Crippen molar-refractivity contribution in [3.8, 4) is 11.8 Å². The zero-order chi connectivity index (χ0) is 23.2.